The molecular weight excluding hydrogens is 416 g/mol. The van der Waals surface area contributed by atoms with E-state index in [0.29, 0.717) is 11.4 Å². The Bertz CT molecular complexity index is 1060. The van der Waals surface area contributed by atoms with Gasteiger partial charge in [0.1, 0.15) is 5.57 Å². The van der Waals surface area contributed by atoms with Crippen molar-refractivity contribution in [3.05, 3.63) is 57.5 Å². The summed E-state index contributed by atoms with van der Waals surface area (Å²) in [5, 5.41) is 6.86. The largest absolute Gasteiger partial charge is 0.459 e. The maximum absolute atomic E-state index is 13.8. The number of halogens is 3. The van der Waals surface area contributed by atoms with Crippen molar-refractivity contribution in [2.24, 2.45) is 0 Å². The van der Waals surface area contributed by atoms with Crippen LogP contribution in [0.4, 0.5) is 8.78 Å². The molecule has 0 radical (unpaired) electrons. The zero-order valence-corrected chi connectivity index (χ0v) is 18.0. The Kier molecular flexibility index (Phi) is 5.73. The number of aryl methyl sites for hydroxylation is 1. The first-order valence-corrected chi connectivity index (χ1v) is 9.74. The van der Waals surface area contributed by atoms with E-state index >= 15 is 0 Å². The second kappa shape index (κ2) is 7.83. The predicted molar refractivity (Wildman–Crippen MR) is 108 cm³/mol. The van der Waals surface area contributed by atoms with Crippen LogP contribution in [-0.4, -0.2) is 39.6 Å². The maximum atomic E-state index is 13.8. The highest BCUT2D eigenvalue weighted by Gasteiger charge is 2.38. The van der Waals surface area contributed by atoms with E-state index in [-0.39, 0.29) is 28.8 Å². The van der Waals surface area contributed by atoms with Crippen molar-refractivity contribution in [1.29, 1.82) is 0 Å². The van der Waals surface area contributed by atoms with Gasteiger partial charge in [-0.1, -0.05) is 25.4 Å². The number of aromatic amines is 1. The van der Waals surface area contributed by atoms with E-state index in [1.807, 2.05) is 13.8 Å². The molecule has 1 aromatic carbocycles. The second-order valence-electron chi connectivity index (χ2n) is 8.12. The van der Waals surface area contributed by atoms with Crippen LogP contribution in [0.25, 0.3) is 5.57 Å². The highest BCUT2D eigenvalue weighted by Crippen LogP contribution is 2.37. The predicted octanol–water partition coefficient (Wildman–Crippen LogP) is 4.38. The number of aromatic nitrogens is 2. The van der Waals surface area contributed by atoms with Crippen LogP contribution in [0.3, 0.4) is 0 Å². The highest BCUT2D eigenvalue weighted by atomic mass is 35.5. The first-order valence-electron chi connectivity index (χ1n) is 9.36. The Balaban J connectivity index is 2.15. The molecule has 0 bridgehead atoms. The number of hydrogen-bond donors (Lipinski definition) is 1. The molecule has 160 valence electrons. The van der Waals surface area contributed by atoms with Crippen molar-refractivity contribution in [3.8, 4) is 0 Å². The minimum absolute atomic E-state index is 0.108. The molecule has 2 heterocycles. The molecule has 0 atom stereocenters. The Hall–Kier alpha value is -2.74. The molecule has 0 saturated carbocycles. The van der Waals surface area contributed by atoms with Gasteiger partial charge < -0.3 is 9.64 Å². The molecule has 0 aliphatic carbocycles. The van der Waals surface area contributed by atoms with Gasteiger partial charge in [0.05, 0.1) is 28.1 Å². The molecule has 9 heteroatoms. The fraction of sp³-hybridized carbons (Fsp3) is 0.381. The molecule has 1 amide bonds. The summed E-state index contributed by atoms with van der Waals surface area (Å²) in [7, 11) is 0. The number of carbonyl (C=O) groups is 2. The fourth-order valence-electron chi connectivity index (χ4n) is 3.63. The van der Waals surface area contributed by atoms with E-state index in [0.717, 1.165) is 17.7 Å². The number of esters is 1. The van der Waals surface area contributed by atoms with Crippen molar-refractivity contribution in [3.63, 3.8) is 0 Å². The van der Waals surface area contributed by atoms with Crippen LogP contribution >= 0.6 is 11.6 Å². The Morgan fingerprint density at radius 2 is 1.90 bits per heavy atom. The van der Waals surface area contributed by atoms with E-state index in [2.05, 4.69) is 10.2 Å². The Labute approximate surface area is 177 Å². The average Bonchev–Trinajstić information content (AvgIpc) is 2.96. The lowest BCUT2D eigenvalue weighted by atomic mass is 9.82. The third-order valence-corrected chi connectivity index (χ3v) is 5.12. The topological polar surface area (TPSA) is 75.3 Å². The SMILES string of the molecule is Cc1n[nH]c2c1C(C)(C)CN(C(=O)c1cc(F)c(F)cc1Cl)C=C2C(=O)OC(C)C. The zero-order chi connectivity index (χ0) is 22.4. The number of nitrogens with one attached hydrogen (secondary N) is 1. The van der Waals surface area contributed by atoms with Gasteiger partial charge in [-0.2, -0.15) is 5.10 Å². The summed E-state index contributed by atoms with van der Waals surface area (Å²) in [5.41, 5.74) is 1.18. The van der Waals surface area contributed by atoms with Crippen molar-refractivity contribution in [2.75, 3.05) is 6.54 Å². The number of nitrogens with zero attached hydrogens (tertiary/aromatic N) is 2. The molecule has 2 aromatic rings. The summed E-state index contributed by atoms with van der Waals surface area (Å²) >= 11 is 6.01. The van der Waals surface area contributed by atoms with Gasteiger partial charge in [-0.3, -0.25) is 9.89 Å². The van der Waals surface area contributed by atoms with E-state index in [1.54, 1.807) is 20.8 Å². The molecule has 30 heavy (non-hydrogen) atoms. The molecule has 1 aliphatic rings. The first kappa shape index (κ1) is 22.0. The monoisotopic (exact) mass is 437 g/mol. The molecule has 1 aliphatic heterocycles. The standard InChI is InChI=1S/C21H22ClF2N3O3/c1-10(2)30-20(29)13-8-27(9-21(4,5)17-11(3)25-26-18(13)17)19(28)12-6-15(23)16(24)7-14(12)22/h6-8,10H,9H2,1-5H3,(H,25,26). The van der Waals surface area contributed by atoms with E-state index in [9.17, 15) is 18.4 Å². The molecule has 1 N–H and O–H groups in total. The van der Waals surface area contributed by atoms with E-state index in [1.165, 1.54) is 11.1 Å². The summed E-state index contributed by atoms with van der Waals surface area (Å²) in [5.74, 6) is -3.65. The third-order valence-electron chi connectivity index (χ3n) is 4.81. The number of ether oxygens (including phenoxy) is 1. The third kappa shape index (κ3) is 3.96. The molecular formula is C21H22ClF2N3O3. The van der Waals surface area contributed by atoms with Crippen molar-refractivity contribution < 1.29 is 23.1 Å². The molecule has 3 rings (SSSR count). The van der Waals surface area contributed by atoms with Gasteiger partial charge in [0, 0.05) is 23.7 Å². The van der Waals surface area contributed by atoms with Gasteiger partial charge >= 0.3 is 5.97 Å². The van der Waals surface area contributed by atoms with Gasteiger partial charge in [0.2, 0.25) is 0 Å². The van der Waals surface area contributed by atoms with Gasteiger partial charge in [0.15, 0.2) is 11.6 Å². The normalized spacial score (nSPS) is 15.5. The smallest absolute Gasteiger partial charge is 0.342 e. The molecule has 0 fully saturated rings. The minimum atomic E-state index is -1.19. The number of amides is 1. The summed E-state index contributed by atoms with van der Waals surface area (Å²) in [6.45, 7) is 9.15. The van der Waals surface area contributed by atoms with Crippen LogP contribution in [0.2, 0.25) is 5.02 Å². The summed E-state index contributed by atoms with van der Waals surface area (Å²) < 4.78 is 32.6. The van der Waals surface area contributed by atoms with Crippen molar-refractivity contribution in [2.45, 2.75) is 46.1 Å². The number of hydrogen-bond acceptors (Lipinski definition) is 4. The van der Waals surface area contributed by atoms with Crippen LogP contribution < -0.4 is 0 Å². The second-order valence-corrected chi connectivity index (χ2v) is 8.53. The lowest BCUT2D eigenvalue weighted by Gasteiger charge is -2.29. The lowest BCUT2D eigenvalue weighted by molar-refractivity contribution is -0.140. The van der Waals surface area contributed by atoms with Crippen LogP contribution in [-0.2, 0) is 14.9 Å². The van der Waals surface area contributed by atoms with Crippen molar-refractivity contribution in [1.82, 2.24) is 15.1 Å². The van der Waals surface area contributed by atoms with Gasteiger partial charge in [0.25, 0.3) is 5.91 Å². The quantitative estimate of drug-likeness (QED) is 0.571. The summed E-state index contributed by atoms with van der Waals surface area (Å²) in [6.07, 6.45) is 0.961. The van der Waals surface area contributed by atoms with Crippen LogP contribution in [0.5, 0.6) is 0 Å². The summed E-state index contributed by atoms with van der Waals surface area (Å²) in [6, 6.07) is 1.51. The lowest BCUT2D eigenvalue weighted by Crippen LogP contribution is -2.37. The molecule has 0 spiro atoms. The first-order chi connectivity index (χ1) is 13.9. The van der Waals surface area contributed by atoms with Gasteiger partial charge in [-0.25, -0.2) is 13.6 Å². The Morgan fingerprint density at radius 3 is 2.53 bits per heavy atom. The molecule has 0 saturated heterocycles. The molecule has 1 aromatic heterocycles. The van der Waals surface area contributed by atoms with Crippen molar-refractivity contribution >= 4 is 29.1 Å². The van der Waals surface area contributed by atoms with E-state index < -0.39 is 28.9 Å². The molecule has 0 unspecified atom stereocenters. The van der Waals surface area contributed by atoms with E-state index in [4.69, 9.17) is 16.3 Å². The number of carbonyl (C=O) groups excluding carboxylic acids is 2. The maximum Gasteiger partial charge on any atom is 0.342 e. The van der Waals surface area contributed by atoms with Gasteiger partial charge in [-0.05, 0) is 32.9 Å². The minimum Gasteiger partial charge on any atom is -0.459 e. The number of rotatable bonds is 3. The highest BCUT2D eigenvalue weighted by molar-refractivity contribution is 6.34. The van der Waals surface area contributed by atoms with Crippen LogP contribution in [0.1, 0.15) is 55.0 Å². The number of fused-ring (bicyclic) bond motifs is 1. The molecule has 6 nitrogen and oxygen atoms in total. The van der Waals surface area contributed by atoms with Gasteiger partial charge in [-0.15, -0.1) is 0 Å². The summed E-state index contributed by atoms with van der Waals surface area (Å²) in [4.78, 5) is 27.3. The zero-order valence-electron chi connectivity index (χ0n) is 17.3. The average molecular weight is 438 g/mol. The Morgan fingerprint density at radius 1 is 1.27 bits per heavy atom. The fourth-order valence-corrected chi connectivity index (χ4v) is 3.86. The van der Waals surface area contributed by atoms with Crippen LogP contribution in [0.15, 0.2) is 18.3 Å². The number of H-pyrrole nitrogens is 1. The van der Waals surface area contributed by atoms with Crippen LogP contribution in [0, 0.1) is 18.6 Å². The number of benzene rings is 1.